The van der Waals surface area contributed by atoms with Crippen LogP contribution in [0.1, 0.15) is 37.3 Å². The topological polar surface area (TPSA) is 36.3 Å². The van der Waals surface area contributed by atoms with E-state index in [9.17, 15) is 5.26 Å². The molecule has 3 nitrogen and oxygen atoms in total. The maximum absolute atomic E-state index is 9.30. The predicted molar refractivity (Wildman–Crippen MR) is 72.9 cm³/mol. The monoisotopic (exact) mass is 244 g/mol. The van der Waals surface area contributed by atoms with E-state index < -0.39 is 0 Å². The van der Waals surface area contributed by atoms with Crippen molar-refractivity contribution in [1.82, 2.24) is 0 Å². The molecule has 0 saturated carbocycles. The third-order valence-electron chi connectivity index (χ3n) is 3.63. The van der Waals surface area contributed by atoms with Crippen LogP contribution in [-0.2, 0) is 4.74 Å². The molecule has 0 aromatic heterocycles. The first-order valence-corrected chi connectivity index (χ1v) is 6.47. The van der Waals surface area contributed by atoms with Crippen molar-refractivity contribution in [3.63, 3.8) is 0 Å². The molecule has 1 fully saturated rings. The SMILES string of the molecule is COC1CCN(c2ccc(C(C)C)cc2C#N)C1. The lowest BCUT2D eigenvalue weighted by Crippen LogP contribution is -2.23. The maximum atomic E-state index is 9.30. The van der Waals surface area contributed by atoms with Crippen LogP contribution in [0, 0.1) is 11.3 Å². The highest BCUT2D eigenvalue weighted by Gasteiger charge is 2.24. The number of anilines is 1. The van der Waals surface area contributed by atoms with Crippen LogP contribution in [0.3, 0.4) is 0 Å². The van der Waals surface area contributed by atoms with Gasteiger partial charge in [0.25, 0.3) is 0 Å². The van der Waals surface area contributed by atoms with Gasteiger partial charge in [-0.3, -0.25) is 0 Å². The molecule has 96 valence electrons. The van der Waals surface area contributed by atoms with E-state index in [1.807, 2.05) is 6.07 Å². The Kier molecular flexibility index (Phi) is 3.88. The molecule has 1 saturated heterocycles. The Morgan fingerprint density at radius 2 is 2.22 bits per heavy atom. The summed E-state index contributed by atoms with van der Waals surface area (Å²) in [6.07, 6.45) is 1.33. The molecule has 2 rings (SSSR count). The number of rotatable bonds is 3. The highest BCUT2D eigenvalue weighted by atomic mass is 16.5. The Balaban J connectivity index is 2.26. The van der Waals surface area contributed by atoms with E-state index in [1.165, 1.54) is 5.56 Å². The minimum absolute atomic E-state index is 0.293. The van der Waals surface area contributed by atoms with Crippen LogP contribution in [-0.4, -0.2) is 26.3 Å². The Morgan fingerprint density at radius 3 is 2.78 bits per heavy atom. The van der Waals surface area contributed by atoms with E-state index in [4.69, 9.17) is 4.74 Å². The second kappa shape index (κ2) is 5.41. The fourth-order valence-corrected chi connectivity index (χ4v) is 2.42. The second-order valence-corrected chi connectivity index (χ2v) is 5.14. The van der Waals surface area contributed by atoms with Crippen LogP contribution in [0.25, 0.3) is 0 Å². The third kappa shape index (κ3) is 2.49. The summed E-state index contributed by atoms with van der Waals surface area (Å²) >= 11 is 0. The van der Waals surface area contributed by atoms with Crippen molar-refractivity contribution in [3.05, 3.63) is 29.3 Å². The van der Waals surface area contributed by atoms with Crippen LogP contribution in [0.5, 0.6) is 0 Å². The first-order valence-electron chi connectivity index (χ1n) is 6.47. The van der Waals surface area contributed by atoms with Gasteiger partial charge in [0.1, 0.15) is 6.07 Å². The molecule has 0 bridgehead atoms. The van der Waals surface area contributed by atoms with Gasteiger partial charge in [-0.2, -0.15) is 5.26 Å². The molecule has 1 aromatic rings. The lowest BCUT2D eigenvalue weighted by atomic mass is 10.00. The molecule has 3 heteroatoms. The van der Waals surface area contributed by atoms with E-state index in [-0.39, 0.29) is 0 Å². The van der Waals surface area contributed by atoms with Crippen LogP contribution >= 0.6 is 0 Å². The molecule has 0 aliphatic carbocycles. The predicted octanol–water partition coefficient (Wildman–Crippen LogP) is 2.91. The molecule has 0 amide bonds. The number of methoxy groups -OCH3 is 1. The largest absolute Gasteiger partial charge is 0.380 e. The zero-order valence-corrected chi connectivity index (χ0v) is 11.3. The van der Waals surface area contributed by atoms with E-state index in [0.717, 1.165) is 30.8 Å². The molecule has 1 aliphatic rings. The normalized spacial score (nSPS) is 19.3. The zero-order chi connectivity index (χ0) is 13.1. The maximum Gasteiger partial charge on any atom is 0.101 e. The van der Waals surface area contributed by atoms with E-state index >= 15 is 0 Å². The number of ether oxygens (including phenoxy) is 1. The lowest BCUT2D eigenvalue weighted by Gasteiger charge is -2.20. The lowest BCUT2D eigenvalue weighted by molar-refractivity contribution is 0.121. The van der Waals surface area contributed by atoms with Crippen LogP contribution < -0.4 is 4.90 Å². The van der Waals surface area contributed by atoms with Gasteiger partial charge in [0.2, 0.25) is 0 Å². The Labute approximate surface area is 109 Å². The fraction of sp³-hybridized carbons (Fsp3) is 0.533. The smallest absolute Gasteiger partial charge is 0.101 e. The van der Waals surface area contributed by atoms with E-state index in [0.29, 0.717) is 12.0 Å². The molecular formula is C15H20N2O. The van der Waals surface area contributed by atoms with Crippen molar-refractivity contribution in [2.75, 3.05) is 25.1 Å². The van der Waals surface area contributed by atoms with Crippen LogP contribution in [0.2, 0.25) is 0 Å². The van der Waals surface area contributed by atoms with Gasteiger partial charge in [0, 0.05) is 20.2 Å². The van der Waals surface area contributed by atoms with Crippen molar-refractivity contribution in [2.24, 2.45) is 0 Å². The molecule has 0 spiro atoms. The summed E-state index contributed by atoms with van der Waals surface area (Å²) in [5.74, 6) is 0.455. The van der Waals surface area contributed by atoms with Crippen molar-refractivity contribution >= 4 is 5.69 Å². The average Bonchev–Trinajstić information content (AvgIpc) is 2.86. The minimum atomic E-state index is 0.293. The molecule has 18 heavy (non-hydrogen) atoms. The Morgan fingerprint density at radius 1 is 1.44 bits per heavy atom. The van der Waals surface area contributed by atoms with Crippen molar-refractivity contribution in [3.8, 4) is 6.07 Å². The highest BCUT2D eigenvalue weighted by Crippen LogP contribution is 2.28. The van der Waals surface area contributed by atoms with Crippen molar-refractivity contribution < 1.29 is 4.74 Å². The van der Waals surface area contributed by atoms with Gasteiger partial charge >= 0.3 is 0 Å². The standard InChI is InChI=1S/C15H20N2O/c1-11(2)12-4-5-15(13(8-12)9-16)17-7-6-14(10-17)18-3/h4-5,8,11,14H,6-7,10H2,1-3H3. The quantitative estimate of drug-likeness (QED) is 0.820. The molecule has 1 aliphatic heterocycles. The number of hydrogen-bond acceptors (Lipinski definition) is 3. The molecular weight excluding hydrogens is 224 g/mol. The summed E-state index contributed by atoms with van der Waals surface area (Å²) in [6.45, 7) is 6.14. The molecule has 1 aromatic carbocycles. The van der Waals surface area contributed by atoms with E-state index in [2.05, 4.69) is 36.9 Å². The first-order chi connectivity index (χ1) is 8.65. The summed E-state index contributed by atoms with van der Waals surface area (Å²) in [6, 6.07) is 8.53. The third-order valence-corrected chi connectivity index (χ3v) is 3.63. The molecule has 1 atom stereocenters. The fourth-order valence-electron chi connectivity index (χ4n) is 2.42. The number of hydrogen-bond donors (Lipinski definition) is 0. The van der Waals surface area contributed by atoms with Gasteiger partial charge in [-0.05, 0) is 30.0 Å². The average molecular weight is 244 g/mol. The Bertz CT molecular complexity index is 462. The highest BCUT2D eigenvalue weighted by molar-refractivity contribution is 5.61. The molecule has 0 radical (unpaired) electrons. The number of nitriles is 1. The van der Waals surface area contributed by atoms with Gasteiger partial charge in [0.05, 0.1) is 17.4 Å². The van der Waals surface area contributed by atoms with Crippen LogP contribution in [0.15, 0.2) is 18.2 Å². The Hall–Kier alpha value is -1.53. The second-order valence-electron chi connectivity index (χ2n) is 5.14. The molecule has 0 N–H and O–H groups in total. The number of nitrogens with zero attached hydrogens (tertiary/aromatic N) is 2. The van der Waals surface area contributed by atoms with Crippen LogP contribution in [0.4, 0.5) is 5.69 Å². The summed E-state index contributed by atoms with van der Waals surface area (Å²) in [4.78, 5) is 2.25. The number of benzene rings is 1. The first kappa shape index (κ1) is 12.9. The van der Waals surface area contributed by atoms with Gasteiger partial charge in [-0.25, -0.2) is 0 Å². The van der Waals surface area contributed by atoms with E-state index in [1.54, 1.807) is 7.11 Å². The minimum Gasteiger partial charge on any atom is -0.380 e. The van der Waals surface area contributed by atoms with Gasteiger partial charge in [0.15, 0.2) is 0 Å². The molecule has 1 heterocycles. The summed E-state index contributed by atoms with van der Waals surface area (Å²) in [7, 11) is 1.75. The summed E-state index contributed by atoms with van der Waals surface area (Å²) in [5, 5.41) is 9.30. The van der Waals surface area contributed by atoms with Crippen molar-refractivity contribution in [1.29, 1.82) is 5.26 Å². The summed E-state index contributed by atoms with van der Waals surface area (Å²) < 4.78 is 5.37. The zero-order valence-electron chi connectivity index (χ0n) is 11.3. The van der Waals surface area contributed by atoms with Gasteiger partial charge < -0.3 is 9.64 Å². The summed E-state index contributed by atoms with van der Waals surface area (Å²) in [5.41, 5.74) is 3.04. The molecule has 1 unspecified atom stereocenters. The van der Waals surface area contributed by atoms with Crippen molar-refractivity contribution in [2.45, 2.75) is 32.3 Å². The van der Waals surface area contributed by atoms with Gasteiger partial charge in [-0.15, -0.1) is 0 Å². The van der Waals surface area contributed by atoms with Gasteiger partial charge in [-0.1, -0.05) is 19.9 Å².